The van der Waals surface area contributed by atoms with Crippen molar-refractivity contribution in [2.45, 2.75) is 11.1 Å². The van der Waals surface area contributed by atoms with Crippen molar-refractivity contribution in [3.05, 3.63) is 77.9 Å². The molecular weight excluding hydrogens is 461 g/mol. The first-order valence-corrected chi connectivity index (χ1v) is 10.9. The Kier molecular flexibility index (Phi) is 6.82. The molecule has 2 N–H and O–H groups in total. The first-order chi connectivity index (χ1) is 15.5. The summed E-state index contributed by atoms with van der Waals surface area (Å²) in [7, 11) is -1.52. The third-order valence-electron chi connectivity index (χ3n) is 4.53. The van der Waals surface area contributed by atoms with Crippen LogP contribution in [0.4, 0.5) is 24.5 Å². The Bertz CT molecular complexity index is 1280. The Balaban J connectivity index is 1.88. The number of ether oxygens (including phenoxy) is 2. The van der Waals surface area contributed by atoms with E-state index in [-0.39, 0.29) is 11.3 Å². The molecule has 0 saturated heterocycles. The fourth-order valence-corrected chi connectivity index (χ4v) is 4.05. The molecular formula is C22H19F3N2O5S. The number of hydrogen-bond donors (Lipinski definition) is 2. The first-order valence-electron chi connectivity index (χ1n) is 9.37. The van der Waals surface area contributed by atoms with E-state index >= 15 is 0 Å². The van der Waals surface area contributed by atoms with Gasteiger partial charge in [0, 0.05) is 11.8 Å². The minimum Gasteiger partial charge on any atom is -0.493 e. The van der Waals surface area contributed by atoms with Gasteiger partial charge in [0.25, 0.3) is 15.9 Å². The Morgan fingerprint density at radius 1 is 0.879 bits per heavy atom. The highest BCUT2D eigenvalue weighted by Gasteiger charge is 2.32. The van der Waals surface area contributed by atoms with Gasteiger partial charge < -0.3 is 14.8 Å². The SMILES string of the molecule is COc1ccc(NC(=O)c2ccccc2NS(=O)(=O)c2cccc(C(F)(F)F)c2)cc1OC. The number of amides is 1. The van der Waals surface area contributed by atoms with E-state index < -0.39 is 32.6 Å². The molecule has 0 aliphatic carbocycles. The Hall–Kier alpha value is -3.73. The molecule has 3 aromatic rings. The van der Waals surface area contributed by atoms with Crippen LogP contribution in [-0.2, 0) is 16.2 Å². The molecule has 0 atom stereocenters. The lowest BCUT2D eigenvalue weighted by Crippen LogP contribution is -2.19. The molecule has 0 unspecified atom stereocenters. The molecule has 33 heavy (non-hydrogen) atoms. The van der Waals surface area contributed by atoms with Crippen LogP contribution < -0.4 is 19.5 Å². The van der Waals surface area contributed by atoms with E-state index in [2.05, 4.69) is 10.0 Å². The van der Waals surface area contributed by atoms with Crippen LogP contribution in [0.2, 0.25) is 0 Å². The van der Waals surface area contributed by atoms with E-state index in [1.807, 2.05) is 0 Å². The number of alkyl halides is 3. The number of hydrogen-bond acceptors (Lipinski definition) is 5. The highest BCUT2D eigenvalue weighted by atomic mass is 32.2. The number of carbonyl (C=O) groups excluding carboxylic acids is 1. The van der Waals surface area contributed by atoms with Crippen molar-refractivity contribution in [3.8, 4) is 11.5 Å². The number of para-hydroxylation sites is 1. The zero-order valence-electron chi connectivity index (χ0n) is 17.4. The average molecular weight is 480 g/mol. The number of anilines is 2. The van der Waals surface area contributed by atoms with Crippen molar-refractivity contribution in [2.24, 2.45) is 0 Å². The van der Waals surface area contributed by atoms with Gasteiger partial charge in [0.2, 0.25) is 0 Å². The van der Waals surface area contributed by atoms with Crippen LogP contribution in [0.3, 0.4) is 0 Å². The number of halogens is 3. The van der Waals surface area contributed by atoms with Gasteiger partial charge in [0.05, 0.1) is 35.9 Å². The molecule has 0 bridgehead atoms. The smallest absolute Gasteiger partial charge is 0.416 e. The molecule has 0 heterocycles. The predicted molar refractivity (Wildman–Crippen MR) is 116 cm³/mol. The van der Waals surface area contributed by atoms with Crippen LogP contribution >= 0.6 is 0 Å². The summed E-state index contributed by atoms with van der Waals surface area (Å²) in [5.74, 6) is 0.170. The van der Waals surface area contributed by atoms with Crippen LogP contribution in [0.5, 0.6) is 11.5 Å². The Morgan fingerprint density at radius 3 is 2.24 bits per heavy atom. The summed E-state index contributed by atoms with van der Waals surface area (Å²) in [6.07, 6.45) is -4.71. The molecule has 174 valence electrons. The number of carbonyl (C=O) groups is 1. The van der Waals surface area contributed by atoms with Crippen molar-refractivity contribution in [3.63, 3.8) is 0 Å². The van der Waals surface area contributed by atoms with Crippen LogP contribution in [-0.4, -0.2) is 28.5 Å². The second-order valence-corrected chi connectivity index (χ2v) is 8.38. The predicted octanol–water partition coefficient (Wildman–Crippen LogP) is 4.78. The van der Waals surface area contributed by atoms with Crippen molar-refractivity contribution < 1.29 is 35.9 Å². The van der Waals surface area contributed by atoms with Crippen molar-refractivity contribution >= 4 is 27.3 Å². The minimum absolute atomic E-state index is 0.0390. The molecule has 1 amide bonds. The number of rotatable bonds is 7. The zero-order valence-corrected chi connectivity index (χ0v) is 18.3. The molecule has 0 aliphatic rings. The van der Waals surface area contributed by atoms with E-state index in [4.69, 9.17) is 9.47 Å². The Morgan fingerprint density at radius 2 is 1.58 bits per heavy atom. The second kappa shape index (κ2) is 9.41. The van der Waals surface area contributed by atoms with Gasteiger partial charge in [-0.3, -0.25) is 9.52 Å². The summed E-state index contributed by atoms with van der Waals surface area (Å²) in [6, 6.07) is 13.7. The lowest BCUT2D eigenvalue weighted by atomic mass is 10.1. The molecule has 0 spiro atoms. The van der Waals surface area contributed by atoms with Gasteiger partial charge in [0.1, 0.15) is 0 Å². The summed E-state index contributed by atoms with van der Waals surface area (Å²) >= 11 is 0. The third-order valence-corrected chi connectivity index (χ3v) is 5.89. The fourth-order valence-electron chi connectivity index (χ4n) is 2.93. The number of benzene rings is 3. The summed E-state index contributed by atoms with van der Waals surface area (Å²) in [4.78, 5) is 12.2. The Labute approximate surface area is 188 Å². The highest BCUT2D eigenvalue weighted by Crippen LogP contribution is 2.32. The van der Waals surface area contributed by atoms with Gasteiger partial charge in [-0.15, -0.1) is 0 Å². The first kappa shape index (κ1) is 23.9. The van der Waals surface area contributed by atoms with E-state index in [9.17, 15) is 26.4 Å². The number of methoxy groups -OCH3 is 2. The monoisotopic (exact) mass is 480 g/mol. The van der Waals surface area contributed by atoms with Gasteiger partial charge in [0.15, 0.2) is 11.5 Å². The largest absolute Gasteiger partial charge is 0.493 e. The van der Waals surface area contributed by atoms with E-state index in [0.29, 0.717) is 23.3 Å². The molecule has 7 nitrogen and oxygen atoms in total. The van der Waals surface area contributed by atoms with Gasteiger partial charge in [-0.2, -0.15) is 13.2 Å². The van der Waals surface area contributed by atoms with Crippen LogP contribution in [0.1, 0.15) is 15.9 Å². The number of sulfonamides is 1. The molecule has 0 radical (unpaired) electrons. The van der Waals surface area contributed by atoms with E-state index in [1.165, 1.54) is 44.6 Å². The molecule has 0 fully saturated rings. The van der Waals surface area contributed by atoms with Gasteiger partial charge in [-0.05, 0) is 42.5 Å². The maximum absolute atomic E-state index is 13.0. The minimum atomic E-state index is -4.71. The molecule has 3 aromatic carbocycles. The standard InChI is InChI=1S/C22H19F3N2O5S/c1-31-19-11-10-15(13-20(19)32-2)26-21(28)17-8-3-4-9-18(17)27-33(29,30)16-7-5-6-14(12-16)22(23,24)25/h3-13,27H,1-2H3,(H,26,28). The molecule has 0 aliphatic heterocycles. The summed E-state index contributed by atoms with van der Waals surface area (Å²) in [5.41, 5.74) is -0.895. The van der Waals surface area contributed by atoms with E-state index in [0.717, 1.165) is 18.2 Å². The topological polar surface area (TPSA) is 93.7 Å². The zero-order chi connectivity index (χ0) is 24.2. The molecule has 11 heteroatoms. The van der Waals surface area contributed by atoms with Crippen molar-refractivity contribution in [2.75, 3.05) is 24.3 Å². The number of nitrogens with one attached hydrogen (secondary N) is 2. The molecule has 3 rings (SSSR count). The normalized spacial score (nSPS) is 11.5. The van der Waals surface area contributed by atoms with Crippen molar-refractivity contribution in [1.29, 1.82) is 0 Å². The van der Waals surface area contributed by atoms with E-state index in [1.54, 1.807) is 12.1 Å². The second-order valence-electron chi connectivity index (χ2n) is 6.70. The van der Waals surface area contributed by atoms with Crippen LogP contribution in [0.25, 0.3) is 0 Å². The van der Waals surface area contributed by atoms with Crippen molar-refractivity contribution in [1.82, 2.24) is 0 Å². The maximum atomic E-state index is 13.0. The maximum Gasteiger partial charge on any atom is 0.416 e. The summed E-state index contributed by atoms with van der Waals surface area (Å²) in [5, 5.41) is 2.62. The molecule has 0 aromatic heterocycles. The highest BCUT2D eigenvalue weighted by molar-refractivity contribution is 7.92. The average Bonchev–Trinajstić information content (AvgIpc) is 2.78. The van der Waals surface area contributed by atoms with Gasteiger partial charge >= 0.3 is 6.18 Å². The van der Waals surface area contributed by atoms with Gasteiger partial charge in [-0.25, -0.2) is 8.42 Å². The molecule has 0 saturated carbocycles. The van der Waals surface area contributed by atoms with Crippen LogP contribution in [0, 0.1) is 0 Å². The van der Waals surface area contributed by atoms with Gasteiger partial charge in [-0.1, -0.05) is 18.2 Å². The third kappa shape index (κ3) is 5.55. The fraction of sp³-hybridized carbons (Fsp3) is 0.136. The quantitative estimate of drug-likeness (QED) is 0.508. The van der Waals surface area contributed by atoms with Crippen LogP contribution in [0.15, 0.2) is 71.6 Å². The summed E-state index contributed by atoms with van der Waals surface area (Å²) in [6.45, 7) is 0. The summed E-state index contributed by atoms with van der Waals surface area (Å²) < 4.78 is 76.9. The lowest BCUT2D eigenvalue weighted by Gasteiger charge is -2.14. The lowest BCUT2D eigenvalue weighted by molar-refractivity contribution is -0.137.